The van der Waals surface area contributed by atoms with E-state index < -0.39 is 0 Å². The molecule has 4 aromatic carbocycles. The second-order valence-electron chi connectivity index (χ2n) is 7.80. The van der Waals surface area contributed by atoms with Gasteiger partial charge in [-0.05, 0) is 41.3 Å². The van der Waals surface area contributed by atoms with E-state index in [4.69, 9.17) is 0 Å². The molecule has 0 saturated heterocycles. The number of rotatable bonds is 5. The van der Waals surface area contributed by atoms with Crippen molar-refractivity contribution in [1.29, 1.82) is 0 Å². The van der Waals surface area contributed by atoms with Crippen molar-refractivity contribution in [2.24, 2.45) is 0 Å². The third-order valence-electron chi connectivity index (χ3n) is 5.55. The number of nitrogens with one attached hydrogen (secondary N) is 1. The molecular formula is C27H20N2O3S. The van der Waals surface area contributed by atoms with Crippen molar-refractivity contribution < 1.29 is 14.4 Å². The Kier molecular flexibility index (Phi) is 5.44. The molecule has 1 aliphatic heterocycles. The summed E-state index contributed by atoms with van der Waals surface area (Å²) in [6.45, 7) is 1.71. The van der Waals surface area contributed by atoms with Crippen LogP contribution in [0, 0.1) is 0 Å². The fourth-order valence-electron chi connectivity index (χ4n) is 4.09. The predicted molar refractivity (Wildman–Crippen MR) is 129 cm³/mol. The van der Waals surface area contributed by atoms with Crippen LogP contribution in [0.2, 0.25) is 0 Å². The average molecular weight is 453 g/mol. The molecule has 1 N–H and O–H groups in total. The van der Waals surface area contributed by atoms with Crippen LogP contribution in [0.5, 0.6) is 0 Å². The quantitative estimate of drug-likeness (QED) is 0.392. The zero-order valence-corrected chi connectivity index (χ0v) is 18.7. The number of amides is 3. The van der Waals surface area contributed by atoms with Crippen molar-refractivity contribution in [1.82, 2.24) is 4.90 Å². The number of anilines is 1. The van der Waals surface area contributed by atoms with Gasteiger partial charge in [-0.15, -0.1) is 0 Å². The van der Waals surface area contributed by atoms with Crippen molar-refractivity contribution in [3.8, 4) is 0 Å². The van der Waals surface area contributed by atoms with Crippen LogP contribution in [-0.4, -0.2) is 22.6 Å². The highest BCUT2D eigenvalue weighted by Crippen LogP contribution is 2.41. The molecule has 0 aliphatic carbocycles. The van der Waals surface area contributed by atoms with E-state index >= 15 is 0 Å². The predicted octanol–water partition coefficient (Wildman–Crippen LogP) is 5.75. The molecule has 0 saturated carbocycles. The summed E-state index contributed by atoms with van der Waals surface area (Å²) in [6, 6.07) is 26.3. The second-order valence-corrected chi connectivity index (χ2v) is 8.88. The first-order valence-electron chi connectivity index (χ1n) is 10.5. The standard InChI is InChI=1S/C27H20N2O3S/c1-17(30)28-22-12-5-6-13-24(22)33-23-15-14-21-25-19(23)10-7-11-20(25)26(31)29(27(21)32)16-18-8-3-2-4-9-18/h2-15H,16H2,1H3,(H,28,30). The van der Waals surface area contributed by atoms with Crippen LogP contribution in [0.15, 0.2) is 94.7 Å². The molecule has 0 atom stereocenters. The second kappa shape index (κ2) is 8.56. The van der Waals surface area contributed by atoms with Gasteiger partial charge < -0.3 is 5.32 Å². The lowest BCUT2D eigenvalue weighted by Crippen LogP contribution is -2.39. The monoisotopic (exact) mass is 452 g/mol. The molecule has 0 spiro atoms. The van der Waals surface area contributed by atoms with E-state index in [9.17, 15) is 14.4 Å². The van der Waals surface area contributed by atoms with Crippen LogP contribution in [0.3, 0.4) is 0 Å². The Hall–Kier alpha value is -3.90. The van der Waals surface area contributed by atoms with Crippen molar-refractivity contribution >= 4 is 45.9 Å². The smallest absolute Gasteiger partial charge is 0.261 e. The molecule has 162 valence electrons. The number of hydrogen-bond acceptors (Lipinski definition) is 4. The van der Waals surface area contributed by atoms with Gasteiger partial charge in [-0.2, -0.15) is 0 Å². The van der Waals surface area contributed by atoms with E-state index in [0.29, 0.717) is 16.5 Å². The highest BCUT2D eigenvalue weighted by molar-refractivity contribution is 7.99. The van der Waals surface area contributed by atoms with Gasteiger partial charge >= 0.3 is 0 Å². The Labute approximate surface area is 195 Å². The fraction of sp³-hybridized carbons (Fsp3) is 0.0741. The molecule has 5 nitrogen and oxygen atoms in total. The lowest BCUT2D eigenvalue weighted by molar-refractivity contribution is -0.114. The highest BCUT2D eigenvalue weighted by Gasteiger charge is 2.33. The number of carbonyl (C=O) groups is 3. The number of imide groups is 1. The van der Waals surface area contributed by atoms with Crippen molar-refractivity contribution in [2.45, 2.75) is 23.3 Å². The molecular weight excluding hydrogens is 432 g/mol. The third-order valence-corrected chi connectivity index (χ3v) is 6.70. The van der Waals surface area contributed by atoms with Crippen LogP contribution in [0.25, 0.3) is 10.8 Å². The number of nitrogens with zero attached hydrogens (tertiary/aromatic N) is 1. The lowest BCUT2D eigenvalue weighted by atomic mass is 9.93. The maximum absolute atomic E-state index is 13.3. The summed E-state index contributed by atoms with van der Waals surface area (Å²) in [5.41, 5.74) is 2.67. The van der Waals surface area contributed by atoms with E-state index in [2.05, 4.69) is 5.32 Å². The van der Waals surface area contributed by atoms with E-state index in [1.54, 1.807) is 12.1 Å². The van der Waals surface area contributed by atoms with Gasteiger partial charge in [0.25, 0.3) is 11.8 Å². The molecule has 0 bridgehead atoms. The third kappa shape index (κ3) is 3.90. The van der Waals surface area contributed by atoms with Crippen LogP contribution < -0.4 is 5.32 Å². The molecule has 0 radical (unpaired) electrons. The summed E-state index contributed by atoms with van der Waals surface area (Å²) in [4.78, 5) is 41.3. The molecule has 3 amide bonds. The van der Waals surface area contributed by atoms with Gasteiger partial charge in [-0.25, -0.2) is 0 Å². The van der Waals surface area contributed by atoms with Crippen molar-refractivity contribution in [2.75, 3.05) is 5.32 Å². The minimum absolute atomic E-state index is 0.144. The van der Waals surface area contributed by atoms with Gasteiger partial charge in [0, 0.05) is 33.2 Å². The SMILES string of the molecule is CC(=O)Nc1ccccc1Sc1ccc2c3c(cccc13)C(=O)N(Cc1ccccc1)C2=O. The first-order chi connectivity index (χ1) is 16.0. The zero-order chi connectivity index (χ0) is 22.9. The fourth-order valence-corrected chi connectivity index (χ4v) is 5.11. The Morgan fingerprint density at radius 1 is 0.788 bits per heavy atom. The van der Waals surface area contributed by atoms with Crippen LogP contribution in [0.1, 0.15) is 33.2 Å². The first kappa shape index (κ1) is 21.0. The van der Waals surface area contributed by atoms with E-state index in [-0.39, 0.29) is 24.3 Å². The molecule has 0 aromatic heterocycles. The summed E-state index contributed by atoms with van der Waals surface area (Å²) in [7, 11) is 0. The minimum Gasteiger partial charge on any atom is -0.325 e. The van der Waals surface area contributed by atoms with Gasteiger partial charge in [0.15, 0.2) is 0 Å². The van der Waals surface area contributed by atoms with Crippen LogP contribution >= 0.6 is 11.8 Å². The number of hydrogen-bond donors (Lipinski definition) is 1. The largest absolute Gasteiger partial charge is 0.325 e. The maximum atomic E-state index is 13.3. The Balaban J connectivity index is 1.56. The van der Waals surface area contributed by atoms with E-state index in [1.807, 2.05) is 72.8 Å². The van der Waals surface area contributed by atoms with Gasteiger partial charge in [-0.3, -0.25) is 19.3 Å². The van der Waals surface area contributed by atoms with Crippen LogP contribution in [0.4, 0.5) is 5.69 Å². The number of para-hydroxylation sites is 1. The van der Waals surface area contributed by atoms with Gasteiger partial charge in [0.2, 0.25) is 5.91 Å². The van der Waals surface area contributed by atoms with E-state index in [1.165, 1.54) is 23.6 Å². The van der Waals surface area contributed by atoms with Crippen molar-refractivity contribution in [3.05, 3.63) is 102 Å². The molecule has 4 aromatic rings. The first-order valence-corrected chi connectivity index (χ1v) is 11.3. The molecule has 6 heteroatoms. The number of carbonyl (C=O) groups excluding carboxylic acids is 3. The molecule has 1 aliphatic rings. The summed E-state index contributed by atoms with van der Waals surface area (Å²) >= 11 is 1.49. The lowest BCUT2D eigenvalue weighted by Gasteiger charge is -2.28. The van der Waals surface area contributed by atoms with Crippen molar-refractivity contribution in [3.63, 3.8) is 0 Å². The van der Waals surface area contributed by atoms with Gasteiger partial charge in [0.05, 0.1) is 12.2 Å². The highest BCUT2D eigenvalue weighted by atomic mass is 32.2. The molecule has 0 unspecified atom stereocenters. The normalized spacial score (nSPS) is 12.8. The van der Waals surface area contributed by atoms with Gasteiger partial charge in [0.1, 0.15) is 0 Å². The number of benzene rings is 4. The summed E-state index contributed by atoms with van der Waals surface area (Å²) in [5.74, 6) is -0.722. The summed E-state index contributed by atoms with van der Waals surface area (Å²) in [5, 5.41) is 4.38. The Morgan fingerprint density at radius 2 is 1.48 bits per heavy atom. The summed E-state index contributed by atoms with van der Waals surface area (Å²) in [6.07, 6.45) is 0. The van der Waals surface area contributed by atoms with E-state index in [0.717, 1.165) is 26.4 Å². The Bertz CT molecular complexity index is 1390. The zero-order valence-electron chi connectivity index (χ0n) is 17.9. The molecule has 1 heterocycles. The molecule has 5 rings (SSSR count). The maximum Gasteiger partial charge on any atom is 0.261 e. The Morgan fingerprint density at radius 3 is 2.24 bits per heavy atom. The molecule has 0 fully saturated rings. The average Bonchev–Trinajstić information content (AvgIpc) is 2.82. The topological polar surface area (TPSA) is 66.5 Å². The minimum atomic E-state index is -0.289. The summed E-state index contributed by atoms with van der Waals surface area (Å²) < 4.78 is 0. The van der Waals surface area contributed by atoms with Gasteiger partial charge in [-0.1, -0.05) is 66.4 Å². The van der Waals surface area contributed by atoms with Crippen LogP contribution in [-0.2, 0) is 11.3 Å². The molecule has 33 heavy (non-hydrogen) atoms.